The fourth-order valence-electron chi connectivity index (χ4n) is 3.68. The number of sulfonamides is 1. The van der Waals surface area contributed by atoms with Gasteiger partial charge in [-0.3, -0.25) is 4.79 Å². The van der Waals surface area contributed by atoms with E-state index >= 15 is 0 Å². The van der Waals surface area contributed by atoms with Crippen molar-refractivity contribution in [2.24, 2.45) is 10.3 Å². The van der Waals surface area contributed by atoms with Gasteiger partial charge in [0.1, 0.15) is 11.5 Å². The third-order valence-electron chi connectivity index (χ3n) is 5.10. The van der Waals surface area contributed by atoms with Gasteiger partial charge in [-0.2, -0.15) is 13.7 Å². The van der Waals surface area contributed by atoms with Crippen molar-refractivity contribution < 1.29 is 17.9 Å². The molecule has 0 radical (unpaired) electrons. The van der Waals surface area contributed by atoms with Crippen LogP contribution < -0.4 is 0 Å². The molecule has 2 aliphatic rings. The summed E-state index contributed by atoms with van der Waals surface area (Å²) in [6.07, 6.45) is 1.42. The zero-order valence-electron chi connectivity index (χ0n) is 15.6. The largest absolute Gasteiger partial charge is 0.461 e. The summed E-state index contributed by atoms with van der Waals surface area (Å²) in [7, 11) is -3.69. The molecule has 0 N–H and O–H groups in total. The second kappa shape index (κ2) is 7.68. The monoisotopic (exact) mass is 409 g/mol. The number of nitriles is 1. The Morgan fingerprint density at radius 3 is 2.90 bits per heavy atom. The van der Waals surface area contributed by atoms with Crippen LogP contribution in [0.25, 0.3) is 0 Å². The van der Waals surface area contributed by atoms with Gasteiger partial charge in [0.15, 0.2) is 5.84 Å². The normalized spacial score (nSPS) is 19.8. The van der Waals surface area contributed by atoms with Crippen molar-refractivity contribution >= 4 is 21.8 Å². The highest BCUT2D eigenvalue weighted by molar-refractivity contribution is 7.90. The lowest BCUT2D eigenvalue weighted by Gasteiger charge is -2.32. The van der Waals surface area contributed by atoms with Crippen LogP contribution in [0.1, 0.15) is 29.5 Å². The predicted octanol–water partition coefficient (Wildman–Crippen LogP) is 2.46. The standard InChI is InChI=1S/C21H19N3O4S/c22-12-15-5-3-6-16(11-15)14-28-21(25)17-7-4-10-24(13-17)20-18-8-1-2-9-19(18)29(26,27)23-20/h1-3,5-6,8-9,11,17H,4,7,10,13-14H2. The van der Waals surface area contributed by atoms with E-state index in [2.05, 4.69) is 10.5 Å². The number of amidine groups is 1. The van der Waals surface area contributed by atoms with Gasteiger partial charge in [0.2, 0.25) is 0 Å². The number of ether oxygens (including phenoxy) is 1. The number of carbonyl (C=O) groups is 1. The molecule has 0 amide bonds. The molecule has 2 aromatic rings. The summed E-state index contributed by atoms with van der Waals surface area (Å²) >= 11 is 0. The molecule has 1 saturated heterocycles. The first kappa shape index (κ1) is 19.2. The van der Waals surface area contributed by atoms with E-state index in [9.17, 15) is 13.2 Å². The first-order valence-corrected chi connectivity index (χ1v) is 10.8. The lowest BCUT2D eigenvalue weighted by molar-refractivity contribution is -0.151. The number of nitrogens with zero attached hydrogens (tertiary/aromatic N) is 3. The zero-order chi connectivity index (χ0) is 20.4. The van der Waals surface area contributed by atoms with Gasteiger partial charge < -0.3 is 9.64 Å². The van der Waals surface area contributed by atoms with Gasteiger partial charge in [-0.1, -0.05) is 24.3 Å². The fourth-order valence-corrected chi connectivity index (χ4v) is 4.91. The van der Waals surface area contributed by atoms with Gasteiger partial charge in [-0.05, 0) is 42.7 Å². The summed E-state index contributed by atoms with van der Waals surface area (Å²) in [4.78, 5) is 14.6. The number of hydrogen-bond donors (Lipinski definition) is 0. The van der Waals surface area contributed by atoms with Gasteiger partial charge >= 0.3 is 5.97 Å². The minimum atomic E-state index is -3.69. The Labute approximate surface area is 169 Å². The Bertz CT molecular complexity index is 1130. The number of hydrogen-bond acceptors (Lipinski definition) is 6. The smallest absolute Gasteiger partial charge is 0.311 e. The molecule has 0 bridgehead atoms. The van der Waals surface area contributed by atoms with Gasteiger partial charge in [0.05, 0.1) is 17.6 Å². The van der Waals surface area contributed by atoms with E-state index in [1.807, 2.05) is 4.90 Å². The molecule has 0 aromatic heterocycles. The van der Waals surface area contributed by atoms with Crippen molar-refractivity contribution in [1.82, 2.24) is 4.90 Å². The Hall–Kier alpha value is -3.18. The van der Waals surface area contributed by atoms with Crippen LogP contribution in [0.5, 0.6) is 0 Å². The van der Waals surface area contributed by atoms with Gasteiger partial charge in [-0.25, -0.2) is 0 Å². The van der Waals surface area contributed by atoms with Crippen LogP contribution in [0.4, 0.5) is 0 Å². The van der Waals surface area contributed by atoms with Gasteiger partial charge in [0.25, 0.3) is 10.0 Å². The van der Waals surface area contributed by atoms with Gasteiger partial charge in [0, 0.05) is 18.7 Å². The zero-order valence-corrected chi connectivity index (χ0v) is 16.4. The summed E-state index contributed by atoms with van der Waals surface area (Å²) in [5, 5.41) is 8.97. The average molecular weight is 409 g/mol. The molecule has 0 saturated carbocycles. The van der Waals surface area contributed by atoms with E-state index < -0.39 is 10.0 Å². The number of carbonyl (C=O) groups excluding carboxylic acids is 1. The first-order valence-electron chi connectivity index (χ1n) is 9.33. The minimum absolute atomic E-state index is 0.100. The summed E-state index contributed by atoms with van der Waals surface area (Å²) in [5.74, 6) is -0.285. The Kier molecular flexibility index (Phi) is 5.07. The molecular formula is C21H19N3O4S. The van der Waals surface area contributed by atoms with Crippen molar-refractivity contribution in [2.75, 3.05) is 13.1 Å². The lowest BCUT2D eigenvalue weighted by Crippen LogP contribution is -2.42. The van der Waals surface area contributed by atoms with Crippen molar-refractivity contribution in [3.63, 3.8) is 0 Å². The average Bonchev–Trinajstić information content (AvgIpc) is 3.03. The number of esters is 1. The second-order valence-electron chi connectivity index (χ2n) is 7.09. The highest BCUT2D eigenvalue weighted by Crippen LogP contribution is 2.30. The van der Waals surface area contributed by atoms with Crippen molar-refractivity contribution in [3.05, 3.63) is 65.2 Å². The summed E-state index contributed by atoms with van der Waals surface area (Å²) in [6.45, 7) is 1.10. The van der Waals surface area contributed by atoms with Crippen LogP contribution in [-0.2, 0) is 26.2 Å². The van der Waals surface area contributed by atoms with Crippen LogP contribution in [0.3, 0.4) is 0 Å². The van der Waals surface area contributed by atoms with Crippen molar-refractivity contribution in [3.8, 4) is 6.07 Å². The second-order valence-corrected chi connectivity index (χ2v) is 8.66. The van der Waals surface area contributed by atoms with Crippen molar-refractivity contribution in [1.29, 1.82) is 5.26 Å². The molecule has 4 rings (SSSR count). The number of piperidine rings is 1. The maximum absolute atomic E-state index is 12.6. The number of benzene rings is 2. The SMILES string of the molecule is N#Cc1cccc(COC(=O)C2CCCN(C3=NS(=O)(=O)c4ccccc43)C2)c1. The van der Waals surface area contributed by atoms with Crippen LogP contribution in [-0.4, -0.2) is 38.2 Å². The Morgan fingerprint density at radius 1 is 1.24 bits per heavy atom. The first-order chi connectivity index (χ1) is 14.0. The fraction of sp³-hybridized carbons (Fsp3) is 0.286. The molecule has 148 valence electrons. The molecule has 7 nitrogen and oxygen atoms in total. The molecule has 8 heteroatoms. The number of rotatable bonds is 3. The molecule has 1 atom stereocenters. The molecule has 2 aromatic carbocycles. The number of fused-ring (bicyclic) bond motifs is 1. The van der Waals surface area contributed by atoms with E-state index in [1.165, 1.54) is 0 Å². The summed E-state index contributed by atoms with van der Waals surface area (Å²) < 4.78 is 34.0. The van der Waals surface area contributed by atoms with E-state index in [-0.39, 0.29) is 23.4 Å². The van der Waals surface area contributed by atoms with Crippen LogP contribution >= 0.6 is 0 Å². The third-order valence-corrected chi connectivity index (χ3v) is 6.43. The molecule has 29 heavy (non-hydrogen) atoms. The maximum Gasteiger partial charge on any atom is 0.311 e. The quantitative estimate of drug-likeness (QED) is 0.722. The van der Waals surface area contributed by atoms with E-state index in [0.29, 0.717) is 36.5 Å². The van der Waals surface area contributed by atoms with Crippen LogP contribution in [0.15, 0.2) is 57.8 Å². The van der Waals surface area contributed by atoms with E-state index in [0.717, 1.165) is 12.0 Å². The third kappa shape index (κ3) is 3.87. The maximum atomic E-state index is 12.6. The van der Waals surface area contributed by atoms with Crippen LogP contribution in [0.2, 0.25) is 0 Å². The molecule has 0 aliphatic carbocycles. The van der Waals surface area contributed by atoms with Crippen LogP contribution in [0, 0.1) is 17.2 Å². The molecular weight excluding hydrogens is 390 g/mol. The minimum Gasteiger partial charge on any atom is -0.461 e. The molecule has 2 aliphatic heterocycles. The topological polar surface area (TPSA) is 99.8 Å². The molecule has 2 heterocycles. The van der Waals surface area contributed by atoms with E-state index in [4.69, 9.17) is 10.00 Å². The van der Waals surface area contributed by atoms with Crippen molar-refractivity contribution in [2.45, 2.75) is 24.3 Å². The highest BCUT2D eigenvalue weighted by atomic mass is 32.2. The van der Waals surface area contributed by atoms with Gasteiger partial charge in [-0.15, -0.1) is 4.40 Å². The molecule has 1 unspecified atom stereocenters. The lowest BCUT2D eigenvalue weighted by atomic mass is 9.97. The highest BCUT2D eigenvalue weighted by Gasteiger charge is 2.35. The Morgan fingerprint density at radius 2 is 2.07 bits per heavy atom. The predicted molar refractivity (Wildman–Crippen MR) is 105 cm³/mol. The van der Waals surface area contributed by atoms with E-state index in [1.54, 1.807) is 48.5 Å². The molecule has 1 fully saturated rings. The number of likely N-dealkylation sites (tertiary alicyclic amines) is 1. The summed E-state index contributed by atoms with van der Waals surface area (Å²) in [6, 6.07) is 15.7. The summed E-state index contributed by atoms with van der Waals surface area (Å²) in [5.41, 5.74) is 1.85. The molecule has 0 spiro atoms. The Balaban J connectivity index is 1.45.